The third kappa shape index (κ3) is 6.13. The third-order valence-corrected chi connectivity index (χ3v) is 8.64. The van der Waals surface area contributed by atoms with Gasteiger partial charge in [-0.25, -0.2) is 0 Å². The van der Waals surface area contributed by atoms with Gasteiger partial charge in [0.15, 0.2) is 0 Å². The predicted octanol–water partition coefficient (Wildman–Crippen LogP) is 2.09. The number of para-hydroxylation sites is 1. The summed E-state index contributed by atoms with van der Waals surface area (Å²) in [6, 6.07) is 14.1. The lowest BCUT2D eigenvalue weighted by Crippen LogP contribution is -2.52. The minimum absolute atomic E-state index is 0.00765. The van der Waals surface area contributed by atoms with Gasteiger partial charge < -0.3 is 19.3 Å². The van der Waals surface area contributed by atoms with E-state index in [9.17, 15) is 24.6 Å². The normalized spacial score (nSPS) is 17.4. The van der Waals surface area contributed by atoms with E-state index in [0.29, 0.717) is 48.7 Å². The number of aliphatic hydroxyl groups excluding tert-OH is 1. The molecule has 1 saturated heterocycles. The lowest BCUT2D eigenvalue weighted by atomic mass is 10.1. The zero-order valence-electron chi connectivity index (χ0n) is 22.2. The van der Waals surface area contributed by atoms with E-state index in [1.807, 2.05) is 23.1 Å². The van der Waals surface area contributed by atoms with Gasteiger partial charge in [-0.1, -0.05) is 30.3 Å². The van der Waals surface area contributed by atoms with Crippen molar-refractivity contribution in [2.75, 3.05) is 44.3 Å². The summed E-state index contributed by atoms with van der Waals surface area (Å²) in [5.74, 6) is 0.187. The Balaban J connectivity index is 1.26. The molecule has 2 aliphatic rings. The van der Waals surface area contributed by atoms with Gasteiger partial charge in [0.1, 0.15) is 17.2 Å². The van der Waals surface area contributed by atoms with Crippen LogP contribution in [0.4, 0.5) is 11.4 Å². The predicted molar refractivity (Wildman–Crippen MR) is 151 cm³/mol. The van der Waals surface area contributed by atoms with Gasteiger partial charge in [-0.2, -0.15) is 9.78 Å². The van der Waals surface area contributed by atoms with Gasteiger partial charge in [0, 0.05) is 30.1 Å². The van der Waals surface area contributed by atoms with E-state index >= 15 is 0 Å². The highest BCUT2D eigenvalue weighted by Gasteiger charge is 2.43. The van der Waals surface area contributed by atoms with Crippen molar-refractivity contribution in [2.24, 2.45) is 5.41 Å². The maximum atomic E-state index is 13.5. The maximum absolute atomic E-state index is 13.5. The number of aromatic nitrogens is 2. The Morgan fingerprint density at radius 2 is 1.88 bits per heavy atom. The molecule has 1 aliphatic heterocycles. The number of nitrogens with zero attached hydrogens (tertiary/aromatic N) is 5. The van der Waals surface area contributed by atoms with Gasteiger partial charge in [0.25, 0.3) is 5.69 Å². The summed E-state index contributed by atoms with van der Waals surface area (Å²) in [6.45, 7) is 4.04. The quantitative estimate of drug-likeness (QED) is 0.200. The summed E-state index contributed by atoms with van der Waals surface area (Å²) >= 11 is -1.50. The fourth-order valence-corrected chi connectivity index (χ4v) is 5.55. The van der Waals surface area contributed by atoms with E-state index in [1.165, 1.54) is 10.7 Å². The highest BCUT2D eigenvalue weighted by Crippen LogP contribution is 2.45. The maximum Gasteiger partial charge on any atom is 0.316 e. The molecule has 13 heteroatoms. The van der Waals surface area contributed by atoms with Crippen LogP contribution >= 0.6 is 0 Å². The van der Waals surface area contributed by atoms with Crippen LogP contribution in [-0.2, 0) is 18.1 Å². The Labute approximate surface area is 234 Å². The first kappa shape index (κ1) is 28.1. The SMILES string of the molecule is Cc1ccc(CN[S@@+]([O-])N2CCN(c3cnn(-c4ccccc4)c(=O)c3OCC3(CO)CC3)CC2)cc1[N+](=O)[O-]. The number of hydrogen-bond acceptors (Lipinski definition) is 10. The molecule has 1 atom stereocenters. The molecule has 0 spiro atoms. The summed E-state index contributed by atoms with van der Waals surface area (Å²) < 4.78 is 25.1. The van der Waals surface area contributed by atoms with Crippen LogP contribution < -0.4 is 19.9 Å². The molecule has 40 heavy (non-hydrogen) atoms. The molecule has 1 saturated carbocycles. The zero-order valence-corrected chi connectivity index (χ0v) is 23.0. The largest absolute Gasteiger partial charge is 0.579 e. The van der Waals surface area contributed by atoms with Gasteiger partial charge >= 0.3 is 5.56 Å². The third-order valence-electron chi connectivity index (χ3n) is 7.41. The molecule has 3 aromatic rings. The lowest BCUT2D eigenvalue weighted by molar-refractivity contribution is -0.385. The molecule has 1 aliphatic carbocycles. The molecular weight excluding hydrogens is 536 g/mol. The van der Waals surface area contributed by atoms with Crippen molar-refractivity contribution in [2.45, 2.75) is 26.3 Å². The minimum atomic E-state index is -1.50. The van der Waals surface area contributed by atoms with Gasteiger partial charge in [0.2, 0.25) is 5.75 Å². The van der Waals surface area contributed by atoms with Crippen LogP contribution in [0.3, 0.4) is 0 Å². The Kier molecular flexibility index (Phi) is 8.38. The Morgan fingerprint density at radius 3 is 2.52 bits per heavy atom. The number of ether oxygens (including phenoxy) is 1. The van der Waals surface area contributed by atoms with Crippen molar-refractivity contribution in [3.63, 3.8) is 0 Å². The number of nitro benzene ring substituents is 1. The van der Waals surface area contributed by atoms with Gasteiger partial charge in [0.05, 0.1) is 49.7 Å². The monoisotopic (exact) mass is 568 g/mol. The van der Waals surface area contributed by atoms with Gasteiger partial charge in [-0.15, -0.1) is 9.03 Å². The van der Waals surface area contributed by atoms with Crippen LogP contribution in [0.5, 0.6) is 5.75 Å². The molecule has 2 heterocycles. The first-order valence-electron chi connectivity index (χ1n) is 13.1. The summed E-state index contributed by atoms with van der Waals surface area (Å²) in [5.41, 5.74) is 1.79. The average molecular weight is 569 g/mol. The van der Waals surface area contributed by atoms with E-state index in [1.54, 1.807) is 41.7 Å². The average Bonchev–Trinajstić information content (AvgIpc) is 3.76. The summed E-state index contributed by atoms with van der Waals surface area (Å²) in [4.78, 5) is 26.3. The topological polar surface area (TPSA) is 149 Å². The van der Waals surface area contributed by atoms with E-state index < -0.39 is 16.5 Å². The highest BCUT2D eigenvalue weighted by atomic mass is 32.2. The Hall–Kier alpha value is -3.49. The number of aliphatic hydroxyl groups is 1. The molecule has 12 nitrogen and oxygen atoms in total. The standard InChI is InChI=1S/C27H32N6O6S/c1-20-7-8-21(15-23(20)33(36)37)16-29-40(38)31-13-11-30(12-14-31)24-17-28-32(22-5-3-2-4-6-22)26(35)25(24)39-19-27(18-34)9-10-27/h2-8,15,17,29,34H,9-14,16,18-19H2,1H3/t40-/m1/s1. The highest BCUT2D eigenvalue weighted by molar-refractivity contribution is 7.87. The number of nitro groups is 1. The Bertz CT molecular complexity index is 1410. The van der Waals surface area contributed by atoms with Crippen LogP contribution in [0.1, 0.15) is 24.0 Å². The van der Waals surface area contributed by atoms with E-state index in [4.69, 9.17) is 4.74 Å². The number of anilines is 1. The molecule has 2 aromatic carbocycles. The smallest absolute Gasteiger partial charge is 0.316 e. The second-order valence-corrected chi connectivity index (χ2v) is 11.5. The molecule has 2 N–H and O–H groups in total. The molecule has 212 valence electrons. The van der Waals surface area contributed by atoms with Gasteiger partial charge in [-0.05, 0) is 37.5 Å². The molecule has 2 fully saturated rings. The molecule has 5 rings (SSSR count). The second kappa shape index (κ2) is 11.9. The minimum Gasteiger partial charge on any atom is -0.579 e. The van der Waals surface area contributed by atoms with Crippen molar-refractivity contribution >= 4 is 22.9 Å². The molecule has 1 aromatic heterocycles. The fourth-order valence-electron chi connectivity index (χ4n) is 4.59. The summed E-state index contributed by atoms with van der Waals surface area (Å²) in [7, 11) is 0. The van der Waals surface area contributed by atoms with Crippen LogP contribution in [0.25, 0.3) is 5.69 Å². The van der Waals surface area contributed by atoms with Crippen molar-refractivity contribution in [3.8, 4) is 11.4 Å². The number of benzene rings is 2. The van der Waals surface area contributed by atoms with E-state index in [0.717, 1.165) is 12.8 Å². The van der Waals surface area contributed by atoms with Crippen molar-refractivity contribution in [1.82, 2.24) is 18.8 Å². The number of hydrogen-bond donors (Lipinski definition) is 2. The summed E-state index contributed by atoms with van der Waals surface area (Å²) in [5, 5.41) is 25.4. The fraction of sp³-hybridized carbons (Fsp3) is 0.407. The molecular formula is C27H32N6O6S. The molecule has 0 radical (unpaired) electrons. The number of piperazine rings is 1. The van der Waals surface area contributed by atoms with E-state index in [-0.39, 0.29) is 42.2 Å². The lowest BCUT2D eigenvalue weighted by Gasteiger charge is -2.35. The van der Waals surface area contributed by atoms with Gasteiger partial charge in [-0.3, -0.25) is 14.9 Å². The van der Waals surface area contributed by atoms with Crippen LogP contribution in [0, 0.1) is 22.5 Å². The molecule has 0 amide bonds. The van der Waals surface area contributed by atoms with E-state index in [2.05, 4.69) is 9.82 Å². The van der Waals surface area contributed by atoms with Crippen LogP contribution in [0.15, 0.2) is 59.5 Å². The zero-order chi connectivity index (χ0) is 28.3. The van der Waals surface area contributed by atoms with Crippen molar-refractivity contribution < 1.29 is 19.3 Å². The Morgan fingerprint density at radius 1 is 1.15 bits per heavy atom. The molecule has 0 bridgehead atoms. The van der Waals surface area contributed by atoms with Crippen molar-refractivity contribution in [1.29, 1.82) is 0 Å². The second-order valence-electron chi connectivity index (χ2n) is 10.2. The number of aryl methyl sites for hydroxylation is 1. The first-order chi connectivity index (χ1) is 19.3. The van der Waals surface area contributed by atoms with Crippen LogP contribution in [0.2, 0.25) is 0 Å². The number of rotatable bonds is 11. The number of nitrogens with one attached hydrogen (secondary N) is 1. The van der Waals surface area contributed by atoms with Crippen LogP contribution in [-0.4, -0.2) is 68.1 Å². The van der Waals surface area contributed by atoms with Crippen molar-refractivity contribution in [3.05, 3.63) is 86.3 Å². The summed E-state index contributed by atoms with van der Waals surface area (Å²) in [6.07, 6.45) is 3.33. The first-order valence-corrected chi connectivity index (χ1v) is 14.2. The molecule has 0 unspecified atom stereocenters.